The normalized spacial score (nSPS) is 11.9. The van der Waals surface area contributed by atoms with Crippen molar-refractivity contribution in [1.82, 2.24) is 10.2 Å². The standard InChI is InChI=1S/C23H29ClN2O2/c1-4-21(23(28)25-17(2)3)26(16-19-10-13-20(24)14-11-19)22(27)15-12-18-8-6-5-7-9-18/h5-11,13-14,17,21H,4,12,15-16H2,1-3H3,(H,25,28). The Morgan fingerprint density at radius 3 is 2.21 bits per heavy atom. The second kappa shape index (κ2) is 10.9. The molecule has 0 radical (unpaired) electrons. The molecule has 0 heterocycles. The minimum absolute atomic E-state index is 0.0236. The highest BCUT2D eigenvalue weighted by Gasteiger charge is 2.28. The van der Waals surface area contributed by atoms with Crippen molar-refractivity contribution in [2.24, 2.45) is 0 Å². The SMILES string of the molecule is CCC(C(=O)NC(C)C)N(Cc1ccc(Cl)cc1)C(=O)CCc1ccccc1. The van der Waals surface area contributed by atoms with Crippen molar-refractivity contribution in [3.05, 3.63) is 70.7 Å². The average Bonchev–Trinajstić information content (AvgIpc) is 2.67. The summed E-state index contributed by atoms with van der Waals surface area (Å²) in [5.41, 5.74) is 2.07. The molecule has 2 aromatic carbocycles. The maximum Gasteiger partial charge on any atom is 0.243 e. The Morgan fingerprint density at radius 1 is 1.00 bits per heavy atom. The minimum atomic E-state index is -0.499. The highest BCUT2D eigenvalue weighted by molar-refractivity contribution is 6.30. The topological polar surface area (TPSA) is 49.4 Å². The van der Waals surface area contributed by atoms with Crippen LogP contribution in [-0.2, 0) is 22.6 Å². The van der Waals surface area contributed by atoms with E-state index in [-0.39, 0.29) is 17.9 Å². The first kappa shape index (κ1) is 22.0. The van der Waals surface area contributed by atoms with E-state index < -0.39 is 6.04 Å². The fraction of sp³-hybridized carbons (Fsp3) is 0.391. The Bertz CT molecular complexity index is 760. The molecule has 0 aliphatic carbocycles. The van der Waals surface area contributed by atoms with Crippen LogP contribution in [0, 0.1) is 0 Å². The van der Waals surface area contributed by atoms with Gasteiger partial charge in [0.05, 0.1) is 0 Å². The van der Waals surface area contributed by atoms with Crippen LogP contribution in [0.1, 0.15) is 44.7 Å². The molecule has 0 aliphatic rings. The van der Waals surface area contributed by atoms with E-state index in [9.17, 15) is 9.59 Å². The van der Waals surface area contributed by atoms with Crippen molar-refractivity contribution in [2.45, 2.75) is 58.7 Å². The number of nitrogens with one attached hydrogen (secondary N) is 1. The van der Waals surface area contributed by atoms with Crippen molar-refractivity contribution in [3.63, 3.8) is 0 Å². The molecule has 1 N–H and O–H groups in total. The molecule has 0 saturated heterocycles. The zero-order valence-corrected chi connectivity index (χ0v) is 17.6. The van der Waals surface area contributed by atoms with Gasteiger partial charge < -0.3 is 10.2 Å². The molecule has 0 aromatic heterocycles. The van der Waals surface area contributed by atoms with E-state index in [2.05, 4.69) is 5.32 Å². The lowest BCUT2D eigenvalue weighted by molar-refractivity contribution is -0.141. The molecule has 150 valence electrons. The molecule has 0 aliphatic heterocycles. The lowest BCUT2D eigenvalue weighted by atomic mass is 10.1. The molecule has 4 nitrogen and oxygen atoms in total. The highest BCUT2D eigenvalue weighted by Crippen LogP contribution is 2.17. The number of nitrogens with zero attached hydrogens (tertiary/aromatic N) is 1. The summed E-state index contributed by atoms with van der Waals surface area (Å²) in [6.45, 7) is 6.16. The van der Waals surface area contributed by atoms with Crippen molar-refractivity contribution in [2.75, 3.05) is 0 Å². The lowest BCUT2D eigenvalue weighted by Gasteiger charge is -2.31. The summed E-state index contributed by atoms with van der Waals surface area (Å²) in [6.07, 6.45) is 1.57. The van der Waals surface area contributed by atoms with Crippen LogP contribution >= 0.6 is 11.6 Å². The number of halogens is 1. The number of aryl methyl sites for hydroxylation is 1. The Labute approximate surface area is 172 Å². The van der Waals surface area contributed by atoms with Gasteiger partial charge in [-0.25, -0.2) is 0 Å². The second-order valence-electron chi connectivity index (χ2n) is 7.22. The quantitative estimate of drug-likeness (QED) is 0.668. The van der Waals surface area contributed by atoms with Crippen LogP contribution in [0.4, 0.5) is 0 Å². The molecular weight excluding hydrogens is 372 g/mol. The Balaban J connectivity index is 2.18. The predicted octanol–water partition coefficient (Wildman–Crippen LogP) is 4.60. The first-order valence-electron chi connectivity index (χ1n) is 9.79. The molecule has 0 bridgehead atoms. The predicted molar refractivity (Wildman–Crippen MR) is 114 cm³/mol. The maximum atomic E-state index is 13.1. The van der Waals surface area contributed by atoms with Crippen LogP contribution in [0.5, 0.6) is 0 Å². The molecule has 5 heteroatoms. The van der Waals surface area contributed by atoms with Crippen LogP contribution < -0.4 is 5.32 Å². The van der Waals surface area contributed by atoms with Crippen molar-refractivity contribution in [3.8, 4) is 0 Å². The maximum absolute atomic E-state index is 13.1. The number of hydrogen-bond acceptors (Lipinski definition) is 2. The average molecular weight is 401 g/mol. The van der Waals surface area contributed by atoms with Gasteiger partial charge in [0.2, 0.25) is 11.8 Å². The molecule has 0 saturated carbocycles. The van der Waals surface area contributed by atoms with Crippen molar-refractivity contribution in [1.29, 1.82) is 0 Å². The van der Waals surface area contributed by atoms with E-state index in [0.29, 0.717) is 30.8 Å². The molecule has 2 aromatic rings. The molecule has 1 atom stereocenters. The molecule has 2 rings (SSSR count). The molecule has 0 spiro atoms. The van der Waals surface area contributed by atoms with E-state index in [1.807, 2.05) is 63.2 Å². The van der Waals surface area contributed by atoms with E-state index in [1.165, 1.54) is 0 Å². The zero-order valence-electron chi connectivity index (χ0n) is 16.8. The summed E-state index contributed by atoms with van der Waals surface area (Å²) >= 11 is 5.98. The van der Waals surface area contributed by atoms with Gasteiger partial charge in [0.25, 0.3) is 0 Å². The summed E-state index contributed by atoms with van der Waals surface area (Å²) < 4.78 is 0. The van der Waals surface area contributed by atoms with Gasteiger partial charge in [0.1, 0.15) is 6.04 Å². The Morgan fingerprint density at radius 2 is 1.64 bits per heavy atom. The van der Waals surface area contributed by atoms with E-state index in [0.717, 1.165) is 11.1 Å². The van der Waals surface area contributed by atoms with Gasteiger partial charge in [-0.05, 0) is 49.9 Å². The lowest BCUT2D eigenvalue weighted by Crippen LogP contribution is -2.50. The highest BCUT2D eigenvalue weighted by atomic mass is 35.5. The van der Waals surface area contributed by atoms with E-state index >= 15 is 0 Å². The number of carbonyl (C=O) groups excluding carboxylic acids is 2. The van der Waals surface area contributed by atoms with Crippen molar-refractivity contribution >= 4 is 23.4 Å². The summed E-state index contributed by atoms with van der Waals surface area (Å²) in [5, 5.41) is 3.59. The van der Waals surface area contributed by atoms with Gasteiger partial charge in [0.15, 0.2) is 0 Å². The van der Waals surface area contributed by atoms with Crippen LogP contribution in [0.25, 0.3) is 0 Å². The molecule has 28 heavy (non-hydrogen) atoms. The number of amides is 2. The monoisotopic (exact) mass is 400 g/mol. The summed E-state index contributed by atoms with van der Waals surface area (Å²) in [5.74, 6) is -0.135. The van der Waals surface area contributed by atoms with Crippen LogP contribution in [0.15, 0.2) is 54.6 Å². The largest absolute Gasteiger partial charge is 0.352 e. The van der Waals surface area contributed by atoms with E-state index in [1.54, 1.807) is 17.0 Å². The Hall–Kier alpha value is -2.33. The van der Waals surface area contributed by atoms with Crippen molar-refractivity contribution < 1.29 is 9.59 Å². The number of carbonyl (C=O) groups is 2. The van der Waals surface area contributed by atoms with Crippen LogP contribution in [0.2, 0.25) is 5.02 Å². The van der Waals surface area contributed by atoms with E-state index in [4.69, 9.17) is 11.6 Å². The van der Waals surface area contributed by atoms with Crippen LogP contribution in [0.3, 0.4) is 0 Å². The first-order chi connectivity index (χ1) is 13.4. The van der Waals surface area contributed by atoms with Gasteiger partial charge in [-0.2, -0.15) is 0 Å². The number of hydrogen-bond donors (Lipinski definition) is 1. The summed E-state index contributed by atoms with van der Waals surface area (Å²) in [4.78, 5) is 27.5. The van der Waals surface area contributed by atoms with Crippen LogP contribution in [-0.4, -0.2) is 28.8 Å². The third-order valence-corrected chi connectivity index (χ3v) is 4.81. The third-order valence-electron chi connectivity index (χ3n) is 4.55. The fourth-order valence-electron chi connectivity index (χ4n) is 3.13. The van der Waals surface area contributed by atoms with Gasteiger partial charge in [-0.15, -0.1) is 0 Å². The minimum Gasteiger partial charge on any atom is -0.352 e. The third kappa shape index (κ3) is 6.68. The zero-order chi connectivity index (χ0) is 20.5. The smallest absolute Gasteiger partial charge is 0.243 e. The molecule has 0 fully saturated rings. The van der Waals surface area contributed by atoms with Gasteiger partial charge in [-0.1, -0.05) is 61.0 Å². The summed E-state index contributed by atoms with van der Waals surface area (Å²) in [6, 6.07) is 16.9. The van der Waals surface area contributed by atoms with Gasteiger partial charge in [-0.3, -0.25) is 9.59 Å². The molecule has 1 unspecified atom stereocenters. The first-order valence-corrected chi connectivity index (χ1v) is 10.2. The number of rotatable bonds is 9. The number of benzene rings is 2. The fourth-order valence-corrected chi connectivity index (χ4v) is 3.25. The van der Waals surface area contributed by atoms with Gasteiger partial charge in [0, 0.05) is 24.0 Å². The molecular formula is C23H29ClN2O2. The molecule has 2 amide bonds. The summed E-state index contributed by atoms with van der Waals surface area (Å²) in [7, 11) is 0. The Kier molecular flexibility index (Phi) is 8.52. The van der Waals surface area contributed by atoms with Gasteiger partial charge >= 0.3 is 0 Å². The second-order valence-corrected chi connectivity index (χ2v) is 7.66.